The molecule has 1 fully saturated rings. The molecule has 4 rings (SSSR count). The van der Waals surface area contributed by atoms with Gasteiger partial charge in [-0.1, -0.05) is 12.1 Å². The van der Waals surface area contributed by atoms with E-state index in [2.05, 4.69) is 15.6 Å². The first-order chi connectivity index (χ1) is 14.1. The molecule has 1 saturated heterocycles. The zero-order chi connectivity index (χ0) is 20.4. The number of methoxy groups -OCH3 is 1. The summed E-state index contributed by atoms with van der Waals surface area (Å²) in [4.78, 5) is 30.9. The second-order valence-corrected chi connectivity index (χ2v) is 6.89. The van der Waals surface area contributed by atoms with Crippen molar-refractivity contribution in [2.75, 3.05) is 33.3 Å². The molecule has 2 N–H and O–H groups in total. The molecule has 8 heteroatoms. The first-order valence-corrected chi connectivity index (χ1v) is 9.49. The van der Waals surface area contributed by atoms with E-state index in [9.17, 15) is 9.59 Å². The Kier molecular flexibility index (Phi) is 5.07. The average molecular weight is 393 g/mol. The number of aromatic nitrogens is 2. The van der Waals surface area contributed by atoms with Crippen molar-refractivity contribution in [2.24, 2.45) is 7.05 Å². The van der Waals surface area contributed by atoms with Crippen LogP contribution in [0.4, 0.5) is 4.79 Å². The molecule has 3 aromatic rings. The van der Waals surface area contributed by atoms with Gasteiger partial charge < -0.3 is 24.8 Å². The van der Waals surface area contributed by atoms with Gasteiger partial charge in [0.2, 0.25) is 0 Å². The second kappa shape index (κ2) is 7.83. The first kappa shape index (κ1) is 18.8. The maximum absolute atomic E-state index is 12.9. The lowest BCUT2D eigenvalue weighted by molar-refractivity contribution is 0.0947. The molecule has 2 aromatic heterocycles. The molecule has 0 bridgehead atoms. The summed E-state index contributed by atoms with van der Waals surface area (Å²) in [6, 6.07) is 11.3. The van der Waals surface area contributed by atoms with Gasteiger partial charge in [-0.25, -0.2) is 9.78 Å². The highest BCUT2D eigenvalue weighted by molar-refractivity contribution is 6.06. The molecule has 0 spiro atoms. The highest BCUT2D eigenvalue weighted by Crippen LogP contribution is 2.31. The third kappa shape index (κ3) is 3.61. The van der Waals surface area contributed by atoms with Crippen LogP contribution in [0, 0.1) is 0 Å². The van der Waals surface area contributed by atoms with Crippen LogP contribution >= 0.6 is 0 Å². The summed E-state index contributed by atoms with van der Waals surface area (Å²) in [5.41, 5.74) is 2.75. The van der Waals surface area contributed by atoms with E-state index >= 15 is 0 Å². The van der Waals surface area contributed by atoms with Crippen molar-refractivity contribution in [3.63, 3.8) is 0 Å². The third-order valence-electron chi connectivity index (χ3n) is 5.09. The highest BCUT2D eigenvalue weighted by atomic mass is 16.5. The average Bonchev–Trinajstić information content (AvgIpc) is 3.32. The normalized spacial score (nSPS) is 13.6. The number of rotatable bonds is 6. The number of hydrogen-bond acceptors (Lipinski definition) is 4. The Morgan fingerprint density at radius 1 is 1.31 bits per heavy atom. The Morgan fingerprint density at radius 3 is 2.90 bits per heavy atom. The molecule has 1 aliphatic heterocycles. The lowest BCUT2D eigenvalue weighted by Crippen LogP contribution is -2.37. The molecular formula is C21H23N5O3. The molecule has 0 atom stereocenters. The van der Waals surface area contributed by atoms with E-state index in [0.717, 1.165) is 16.5 Å². The van der Waals surface area contributed by atoms with E-state index in [4.69, 9.17) is 4.74 Å². The Bertz CT molecular complexity index is 1080. The van der Waals surface area contributed by atoms with Crippen molar-refractivity contribution in [1.82, 2.24) is 25.1 Å². The number of amides is 3. The van der Waals surface area contributed by atoms with Gasteiger partial charge >= 0.3 is 6.03 Å². The predicted octanol–water partition coefficient (Wildman–Crippen LogP) is 2.00. The van der Waals surface area contributed by atoms with Crippen molar-refractivity contribution in [3.8, 4) is 17.0 Å². The quantitative estimate of drug-likeness (QED) is 0.671. The molecule has 0 unspecified atom stereocenters. The van der Waals surface area contributed by atoms with Crippen LogP contribution < -0.4 is 15.4 Å². The lowest BCUT2D eigenvalue weighted by atomic mass is 10.1. The van der Waals surface area contributed by atoms with Crippen molar-refractivity contribution in [3.05, 3.63) is 48.3 Å². The molecule has 8 nitrogen and oxygen atoms in total. The molecule has 150 valence electrons. The smallest absolute Gasteiger partial charge is 0.317 e. The molecule has 1 aliphatic rings. The van der Waals surface area contributed by atoms with Gasteiger partial charge in [-0.05, 0) is 24.3 Å². The molecular weight excluding hydrogens is 370 g/mol. The van der Waals surface area contributed by atoms with Gasteiger partial charge in [0, 0.05) is 50.4 Å². The van der Waals surface area contributed by atoms with Gasteiger partial charge in [-0.15, -0.1) is 0 Å². The van der Waals surface area contributed by atoms with Gasteiger partial charge in [0.25, 0.3) is 5.91 Å². The standard InChI is InChI=1S/C21H23N5O3/c1-25-10-7-15-17(25)13-16(14-5-3-4-6-18(14)29-2)24-19(15)20(27)22-8-11-26-12-9-23-21(26)28/h3-7,10,13H,8-9,11-12H2,1-2H3,(H,22,27)(H,23,28). The largest absolute Gasteiger partial charge is 0.496 e. The van der Waals surface area contributed by atoms with Gasteiger partial charge in [0.1, 0.15) is 11.4 Å². The Balaban J connectivity index is 1.64. The van der Waals surface area contributed by atoms with Crippen LogP contribution in [0.25, 0.3) is 22.2 Å². The van der Waals surface area contributed by atoms with Crippen LogP contribution in [0.15, 0.2) is 42.6 Å². The fourth-order valence-corrected chi connectivity index (χ4v) is 3.54. The molecule has 1 aromatic carbocycles. The monoisotopic (exact) mass is 393 g/mol. The maximum atomic E-state index is 12.9. The van der Waals surface area contributed by atoms with E-state index in [-0.39, 0.29) is 11.9 Å². The molecule has 0 saturated carbocycles. The summed E-state index contributed by atoms with van der Waals surface area (Å²) in [5, 5.41) is 6.42. The summed E-state index contributed by atoms with van der Waals surface area (Å²) in [5.74, 6) is 0.428. The number of ether oxygens (including phenoxy) is 1. The minimum atomic E-state index is -0.266. The number of hydrogen-bond donors (Lipinski definition) is 2. The number of benzene rings is 1. The van der Waals surface area contributed by atoms with Crippen molar-refractivity contribution in [2.45, 2.75) is 0 Å². The molecule has 0 radical (unpaired) electrons. The first-order valence-electron chi connectivity index (χ1n) is 9.49. The van der Waals surface area contributed by atoms with E-state index in [1.54, 1.807) is 12.0 Å². The van der Waals surface area contributed by atoms with Gasteiger partial charge in [-0.2, -0.15) is 0 Å². The Hall–Kier alpha value is -3.55. The van der Waals surface area contributed by atoms with Gasteiger partial charge in [-0.3, -0.25) is 4.79 Å². The number of carbonyl (C=O) groups excluding carboxylic acids is 2. The van der Waals surface area contributed by atoms with Crippen LogP contribution in [0.5, 0.6) is 5.75 Å². The van der Waals surface area contributed by atoms with E-state index < -0.39 is 0 Å². The molecule has 3 amide bonds. The second-order valence-electron chi connectivity index (χ2n) is 6.89. The zero-order valence-corrected chi connectivity index (χ0v) is 16.4. The van der Waals surface area contributed by atoms with E-state index in [0.29, 0.717) is 43.3 Å². The Labute approximate surface area is 168 Å². The summed E-state index contributed by atoms with van der Waals surface area (Å²) >= 11 is 0. The van der Waals surface area contributed by atoms with Crippen LogP contribution in [-0.2, 0) is 7.05 Å². The minimum Gasteiger partial charge on any atom is -0.496 e. The number of para-hydroxylation sites is 1. The van der Waals surface area contributed by atoms with Crippen molar-refractivity contribution in [1.29, 1.82) is 0 Å². The summed E-state index contributed by atoms with van der Waals surface area (Å²) < 4.78 is 7.42. The molecule has 0 aliphatic carbocycles. The summed E-state index contributed by atoms with van der Waals surface area (Å²) in [6.45, 7) is 2.11. The lowest BCUT2D eigenvalue weighted by Gasteiger charge is -2.15. The van der Waals surface area contributed by atoms with Gasteiger partial charge in [0.05, 0.1) is 18.3 Å². The number of urea groups is 1. The minimum absolute atomic E-state index is 0.0963. The van der Waals surface area contributed by atoms with Crippen LogP contribution in [0.2, 0.25) is 0 Å². The fourth-order valence-electron chi connectivity index (χ4n) is 3.54. The number of fused-ring (bicyclic) bond motifs is 1. The van der Waals surface area contributed by atoms with E-state index in [1.807, 2.05) is 54.2 Å². The number of pyridine rings is 1. The van der Waals surface area contributed by atoms with E-state index in [1.165, 1.54) is 0 Å². The number of aryl methyl sites for hydroxylation is 1. The topological polar surface area (TPSA) is 88.5 Å². The summed E-state index contributed by atoms with van der Waals surface area (Å²) in [7, 11) is 3.55. The zero-order valence-electron chi connectivity index (χ0n) is 16.4. The fraction of sp³-hybridized carbons (Fsp3) is 0.286. The number of nitrogens with one attached hydrogen (secondary N) is 2. The summed E-state index contributed by atoms with van der Waals surface area (Å²) in [6.07, 6.45) is 1.91. The number of nitrogens with zero attached hydrogens (tertiary/aromatic N) is 3. The molecule has 3 heterocycles. The molecule has 29 heavy (non-hydrogen) atoms. The van der Waals surface area contributed by atoms with Crippen LogP contribution in [-0.4, -0.2) is 59.7 Å². The predicted molar refractivity (Wildman–Crippen MR) is 110 cm³/mol. The number of carbonyl (C=O) groups is 2. The van der Waals surface area contributed by atoms with Crippen molar-refractivity contribution < 1.29 is 14.3 Å². The van der Waals surface area contributed by atoms with Crippen molar-refractivity contribution >= 4 is 22.8 Å². The SMILES string of the molecule is COc1ccccc1-c1cc2c(ccn2C)c(C(=O)NCCN2CCNC2=O)n1. The maximum Gasteiger partial charge on any atom is 0.317 e. The van der Waals surface area contributed by atoms with Crippen LogP contribution in [0.1, 0.15) is 10.5 Å². The van der Waals surface area contributed by atoms with Gasteiger partial charge in [0.15, 0.2) is 0 Å². The highest BCUT2D eigenvalue weighted by Gasteiger charge is 2.21. The third-order valence-corrected chi connectivity index (χ3v) is 5.09. The van der Waals surface area contributed by atoms with Crippen LogP contribution in [0.3, 0.4) is 0 Å². The Morgan fingerprint density at radius 2 is 2.14 bits per heavy atom.